The molecule has 1 rings (SSSR count). The first-order valence-corrected chi connectivity index (χ1v) is 5.28. The van der Waals surface area contributed by atoms with Gasteiger partial charge in [-0.15, -0.1) is 0 Å². The Morgan fingerprint density at radius 1 is 1.27 bits per heavy atom. The molecule has 1 aromatic carbocycles. The largest absolute Gasteiger partial charge is 0.491 e. The fourth-order valence-electron chi connectivity index (χ4n) is 1.43. The predicted molar refractivity (Wildman–Crippen MR) is 61.1 cm³/mol. The average Bonchev–Trinajstić information content (AvgIpc) is 2.24. The van der Waals surface area contributed by atoms with Crippen molar-refractivity contribution in [1.82, 2.24) is 0 Å². The molecule has 3 heteroatoms. The Labute approximate surface area is 91.2 Å². The van der Waals surface area contributed by atoms with Crippen LogP contribution in [-0.4, -0.2) is 19.8 Å². The first-order chi connectivity index (χ1) is 7.29. The van der Waals surface area contributed by atoms with Crippen molar-refractivity contribution in [3.8, 4) is 5.75 Å². The van der Waals surface area contributed by atoms with Crippen LogP contribution in [0.1, 0.15) is 18.1 Å². The van der Waals surface area contributed by atoms with Gasteiger partial charge in [0.15, 0.2) is 0 Å². The summed E-state index contributed by atoms with van der Waals surface area (Å²) >= 11 is 0. The Hall–Kier alpha value is -1.06. The number of rotatable bonds is 6. The fourth-order valence-corrected chi connectivity index (χ4v) is 1.43. The normalized spacial score (nSPS) is 10.3. The van der Waals surface area contributed by atoms with Gasteiger partial charge in [-0.25, -0.2) is 0 Å². The molecule has 0 unspecified atom stereocenters. The van der Waals surface area contributed by atoms with Crippen molar-refractivity contribution < 1.29 is 9.47 Å². The highest BCUT2D eigenvalue weighted by Gasteiger charge is 2.04. The fraction of sp³-hybridized carbons (Fsp3) is 0.500. The Morgan fingerprint density at radius 2 is 2.07 bits per heavy atom. The average molecular weight is 209 g/mol. The van der Waals surface area contributed by atoms with Gasteiger partial charge in [-0.05, 0) is 25.5 Å². The lowest BCUT2D eigenvalue weighted by Crippen LogP contribution is -2.09. The van der Waals surface area contributed by atoms with Crippen molar-refractivity contribution in [2.75, 3.05) is 19.8 Å². The summed E-state index contributed by atoms with van der Waals surface area (Å²) in [6.07, 6.45) is 0. The van der Waals surface area contributed by atoms with Gasteiger partial charge in [-0.3, -0.25) is 0 Å². The second-order valence-corrected chi connectivity index (χ2v) is 3.30. The van der Waals surface area contributed by atoms with Crippen molar-refractivity contribution >= 4 is 0 Å². The van der Waals surface area contributed by atoms with Crippen LogP contribution in [-0.2, 0) is 11.3 Å². The molecule has 0 aliphatic heterocycles. The summed E-state index contributed by atoms with van der Waals surface area (Å²) in [6, 6.07) is 5.96. The quantitative estimate of drug-likeness (QED) is 0.727. The molecular formula is C12H19NO2. The molecular weight excluding hydrogens is 190 g/mol. The molecule has 0 saturated heterocycles. The Morgan fingerprint density at radius 3 is 2.73 bits per heavy atom. The van der Waals surface area contributed by atoms with Crippen molar-refractivity contribution in [2.45, 2.75) is 20.4 Å². The van der Waals surface area contributed by atoms with Crippen LogP contribution in [0.3, 0.4) is 0 Å². The van der Waals surface area contributed by atoms with E-state index in [4.69, 9.17) is 15.2 Å². The van der Waals surface area contributed by atoms with E-state index in [-0.39, 0.29) is 0 Å². The van der Waals surface area contributed by atoms with Crippen LogP contribution in [0, 0.1) is 6.92 Å². The molecule has 84 valence electrons. The monoisotopic (exact) mass is 209 g/mol. The maximum Gasteiger partial charge on any atom is 0.124 e. The van der Waals surface area contributed by atoms with Gasteiger partial charge >= 0.3 is 0 Å². The van der Waals surface area contributed by atoms with Gasteiger partial charge in [0.05, 0.1) is 6.61 Å². The van der Waals surface area contributed by atoms with Gasteiger partial charge in [0, 0.05) is 18.7 Å². The maximum atomic E-state index is 5.67. The maximum absolute atomic E-state index is 5.67. The lowest BCUT2D eigenvalue weighted by Gasteiger charge is -2.12. The summed E-state index contributed by atoms with van der Waals surface area (Å²) in [7, 11) is 0. The molecule has 0 spiro atoms. The van der Waals surface area contributed by atoms with Crippen LogP contribution in [0.5, 0.6) is 5.75 Å². The zero-order chi connectivity index (χ0) is 11.1. The molecule has 0 bridgehead atoms. The summed E-state index contributed by atoms with van der Waals surface area (Å²) in [4.78, 5) is 0. The molecule has 2 N–H and O–H groups in total. The minimum Gasteiger partial charge on any atom is -0.491 e. The lowest BCUT2D eigenvalue weighted by molar-refractivity contribution is 0.110. The first kappa shape index (κ1) is 12.0. The van der Waals surface area contributed by atoms with E-state index in [1.807, 2.05) is 32.0 Å². The SMILES string of the molecule is CCOCCOc1cccc(C)c1CN. The zero-order valence-corrected chi connectivity index (χ0v) is 9.45. The van der Waals surface area contributed by atoms with Gasteiger partial charge in [0.2, 0.25) is 0 Å². The van der Waals surface area contributed by atoms with E-state index in [1.54, 1.807) is 0 Å². The predicted octanol–water partition coefficient (Wildman–Crippen LogP) is 1.87. The van der Waals surface area contributed by atoms with Crippen LogP contribution in [0.25, 0.3) is 0 Å². The standard InChI is InChI=1S/C12H19NO2/c1-3-14-7-8-15-12-6-4-5-10(2)11(12)9-13/h4-6H,3,7-9,13H2,1-2H3. The Bertz CT molecular complexity index is 300. The number of hydrogen-bond donors (Lipinski definition) is 1. The number of hydrogen-bond acceptors (Lipinski definition) is 3. The highest BCUT2D eigenvalue weighted by Crippen LogP contribution is 2.21. The van der Waals surface area contributed by atoms with Crippen LogP contribution in [0.2, 0.25) is 0 Å². The molecule has 0 heterocycles. The van der Waals surface area contributed by atoms with E-state index in [2.05, 4.69) is 0 Å². The molecule has 1 aromatic rings. The van der Waals surface area contributed by atoms with E-state index in [1.165, 1.54) is 5.56 Å². The molecule has 0 aliphatic carbocycles. The molecule has 15 heavy (non-hydrogen) atoms. The van der Waals surface area contributed by atoms with E-state index in [9.17, 15) is 0 Å². The lowest BCUT2D eigenvalue weighted by atomic mass is 10.1. The number of aryl methyl sites for hydroxylation is 1. The molecule has 0 amide bonds. The number of nitrogens with two attached hydrogens (primary N) is 1. The number of benzene rings is 1. The topological polar surface area (TPSA) is 44.5 Å². The van der Waals surface area contributed by atoms with Crippen LogP contribution in [0.15, 0.2) is 18.2 Å². The number of ether oxygens (including phenoxy) is 2. The summed E-state index contributed by atoms with van der Waals surface area (Å²) in [6.45, 7) is 6.44. The van der Waals surface area contributed by atoms with Gasteiger partial charge in [-0.1, -0.05) is 12.1 Å². The van der Waals surface area contributed by atoms with Crippen LogP contribution >= 0.6 is 0 Å². The van der Waals surface area contributed by atoms with E-state index in [0.29, 0.717) is 19.8 Å². The van der Waals surface area contributed by atoms with E-state index >= 15 is 0 Å². The van der Waals surface area contributed by atoms with Gasteiger partial charge < -0.3 is 15.2 Å². The molecule has 0 radical (unpaired) electrons. The van der Waals surface area contributed by atoms with E-state index < -0.39 is 0 Å². The molecule has 0 aliphatic rings. The van der Waals surface area contributed by atoms with Crippen LogP contribution < -0.4 is 10.5 Å². The van der Waals surface area contributed by atoms with Crippen molar-refractivity contribution in [3.05, 3.63) is 29.3 Å². The van der Waals surface area contributed by atoms with Crippen molar-refractivity contribution in [1.29, 1.82) is 0 Å². The second kappa shape index (κ2) is 6.43. The minimum atomic E-state index is 0.511. The summed E-state index contributed by atoms with van der Waals surface area (Å²) in [5.74, 6) is 0.872. The molecule has 3 nitrogen and oxygen atoms in total. The molecule has 0 fully saturated rings. The van der Waals surface area contributed by atoms with E-state index in [0.717, 1.165) is 17.9 Å². The Kier molecular flexibility index (Phi) is 5.15. The smallest absolute Gasteiger partial charge is 0.124 e. The molecule has 0 atom stereocenters. The first-order valence-electron chi connectivity index (χ1n) is 5.28. The van der Waals surface area contributed by atoms with Crippen LogP contribution in [0.4, 0.5) is 0 Å². The summed E-state index contributed by atoms with van der Waals surface area (Å²) < 4.78 is 10.8. The van der Waals surface area contributed by atoms with Gasteiger partial charge in [0.1, 0.15) is 12.4 Å². The highest BCUT2D eigenvalue weighted by molar-refractivity contribution is 5.39. The molecule has 0 aromatic heterocycles. The Balaban J connectivity index is 2.56. The van der Waals surface area contributed by atoms with Gasteiger partial charge in [0.25, 0.3) is 0 Å². The third kappa shape index (κ3) is 3.53. The van der Waals surface area contributed by atoms with Gasteiger partial charge in [-0.2, -0.15) is 0 Å². The third-order valence-corrected chi connectivity index (χ3v) is 2.26. The highest BCUT2D eigenvalue weighted by atomic mass is 16.5. The zero-order valence-electron chi connectivity index (χ0n) is 9.45. The van der Waals surface area contributed by atoms with Crippen molar-refractivity contribution in [2.24, 2.45) is 5.73 Å². The summed E-state index contributed by atoms with van der Waals surface area (Å²) in [5.41, 5.74) is 7.92. The minimum absolute atomic E-state index is 0.511. The third-order valence-electron chi connectivity index (χ3n) is 2.26. The molecule has 0 saturated carbocycles. The van der Waals surface area contributed by atoms with Crippen molar-refractivity contribution in [3.63, 3.8) is 0 Å². The summed E-state index contributed by atoms with van der Waals surface area (Å²) in [5, 5.41) is 0. The second-order valence-electron chi connectivity index (χ2n) is 3.30.